The van der Waals surface area contributed by atoms with Crippen molar-refractivity contribution in [1.29, 1.82) is 0 Å². The Morgan fingerprint density at radius 1 is 1.18 bits per heavy atom. The second-order valence-electron chi connectivity index (χ2n) is 6.03. The van der Waals surface area contributed by atoms with Crippen LogP contribution in [0.3, 0.4) is 0 Å². The van der Waals surface area contributed by atoms with Crippen molar-refractivity contribution in [3.05, 3.63) is 94.5 Å². The average Bonchev–Trinajstić information content (AvgIpc) is 2.70. The minimum atomic E-state index is -0.486. The fourth-order valence-electron chi connectivity index (χ4n) is 2.45. The third kappa shape index (κ3) is 5.14. The predicted molar refractivity (Wildman–Crippen MR) is 109 cm³/mol. The van der Waals surface area contributed by atoms with E-state index in [0.717, 1.165) is 11.1 Å². The first-order chi connectivity index (χ1) is 13.5. The number of guanidine groups is 1. The first-order valence-corrected chi connectivity index (χ1v) is 8.93. The summed E-state index contributed by atoms with van der Waals surface area (Å²) in [6.45, 7) is 2.16. The molecule has 3 rings (SSSR count). The molecule has 1 heterocycles. The van der Waals surface area contributed by atoms with Gasteiger partial charge in [0.05, 0.1) is 6.54 Å². The largest absolute Gasteiger partial charge is 0.326 e. The summed E-state index contributed by atoms with van der Waals surface area (Å²) in [5.74, 6) is -0.736. The summed E-state index contributed by atoms with van der Waals surface area (Å²) in [4.78, 5) is 21.0. The molecule has 0 radical (unpaired) electrons. The average molecular weight is 397 g/mol. The van der Waals surface area contributed by atoms with Crippen molar-refractivity contribution in [2.24, 2.45) is 4.99 Å². The van der Waals surface area contributed by atoms with Crippen LogP contribution in [0.25, 0.3) is 0 Å². The molecule has 0 aliphatic rings. The molecule has 0 bridgehead atoms. The molecule has 1 aromatic heterocycles. The maximum atomic E-state index is 13.4. The Morgan fingerprint density at radius 2 is 2.00 bits per heavy atom. The summed E-state index contributed by atoms with van der Waals surface area (Å²) in [6.07, 6.45) is 3.37. The molecule has 28 heavy (non-hydrogen) atoms. The Kier molecular flexibility index (Phi) is 6.34. The number of anilines is 1. The topological polar surface area (TPSA) is 66.4 Å². The van der Waals surface area contributed by atoms with Gasteiger partial charge in [0.15, 0.2) is 0 Å². The SMILES string of the molecule is Cc1c(Cl)cccc1NC(=NCc1cccnc1)NC(=O)c1cccc(F)c1. The molecule has 0 unspecified atom stereocenters. The molecule has 0 aliphatic heterocycles. The van der Waals surface area contributed by atoms with Crippen LogP contribution >= 0.6 is 11.6 Å². The zero-order valence-corrected chi connectivity index (χ0v) is 15.9. The lowest BCUT2D eigenvalue weighted by atomic mass is 10.2. The van der Waals surface area contributed by atoms with Crippen molar-refractivity contribution < 1.29 is 9.18 Å². The number of aliphatic imine (C=N–C) groups is 1. The lowest BCUT2D eigenvalue weighted by Crippen LogP contribution is -2.36. The normalized spacial score (nSPS) is 11.2. The highest BCUT2D eigenvalue weighted by atomic mass is 35.5. The van der Waals surface area contributed by atoms with Crippen molar-refractivity contribution in [3.63, 3.8) is 0 Å². The van der Waals surface area contributed by atoms with E-state index in [9.17, 15) is 9.18 Å². The number of benzene rings is 2. The van der Waals surface area contributed by atoms with E-state index in [-0.39, 0.29) is 11.5 Å². The zero-order chi connectivity index (χ0) is 19.9. The van der Waals surface area contributed by atoms with E-state index in [2.05, 4.69) is 20.6 Å². The summed E-state index contributed by atoms with van der Waals surface area (Å²) in [5, 5.41) is 6.38. The molecule has 0 spiro atoms. The number of pyridine rings is 1. The van der Waals surface area contributed by atoms with Gasteiger partial charge in [0.2, 0.25) is 5.96 Å². The van der Waals surface area contributed by atoms with Gasteiger partial charge in [-0.05, 0) is 54.4 Å². The van der Waals surface area contributed by atoms with Crippen LogP contribution in [0.2, 0.25) is 5.02 Å². The Labute approximate surface area is 167 Å². The van der Waals surface area contributed by atoms with Gasteiger partial charge in [0.1, 0.15) is 5.82 Å². The molecular weight excluding hydrogens is 379 g/mol. The Bertz CT molecular complexity index is 1010. The number of rotatable bonds is 4. The molecule has 7 heteroatoms. The Balaban J connectivity index is 1.85. The standard InChI is InChI=1S/C21H18ClFN4O/c1-14-18(22)8-3-9-19(14)26-21(25-13-15-5-4-10-24-12-15)27-20(28)16-6-2-7-17(23)11-16/h2-12H,13H2,1H3,(H2,25,26,27,28). The van der Waals surface area contributed by atoms with Crippen LogP contribution in [-0.2, 0) is 6.54 Å². The zero-order valence-electron chi connectivity index (χ0n) is 15.1. The van der Waals surface area contributed by atoms with E-state index in [1.807, 2.05) is 25.1 Å². The lowest BCUT2D eigenvalue weighted by Gasteiger charge is -2.14. The van der Waals surface area contributed by atoms with Crippen molar-refractivity contribution in [2.45, 2.75) is 13.5 Å². The van der Waals surface area contributed by atoms with Gasteiger partial charge in [0.25, 0.3) is 5.91 Å². The quantitative estimate of drug-likeness (QED) is 0.501. The maximum Gasteiger partial charge on any atom is 0.258 e. The second-order valence-corrected chi connectivity index (χ2v) is 6.44. The molecule has 2 N–H and O–H groups in total. The first kappa shape index (κ1) is 19.5. The van der Waals surface area contributed by atoms with Crippen LogP contribution in [-0.4, -0.2) is 16.9 Å². The van der Waals surface area contributed by atoms with Gasteiger partial charge in [-0.1, -0.05) is 29.8 Å². The van der Waals surface area contributed by atoms with Crippen molar-refractivity contribution in [1.82, 2.24) is 10.3 Å². The predicted octanol–water partition coefficient (Wildman–Crippen LogP) is 4.58. The maximum absolute atomic E-state index is 13.4. The van der Waals surface area contributed by atoms with Gasteiger partial charge in [-0.15, -0.1) is 0 Å². The van der Waals surface area contributed by atoms with Gasteiger partial charge < -0.3 is 5.32 Å². The highest BCUT2D eigenvalue weighted by molar-refractivity contribution is 6.31. The minimum absolute atomic E-state index is 0.193. The summed E-state index contributed by atoms with van der Waals surface area (Å²) >= 11 is 6.17. The number of carbonyl (C=O) groups is 1. The summed E-state index contributed by atoms with van der Waals surface area (Å²) in [6, 6.07) is 14.5. The Hall–Kier alpha value is -3.25. The number of nitrogens with zero attached hydrogens (tertiary/aromatic N) is 2. The van der Waals surface area contributed by atoms with Crippen LogP contribution in [0.5, 0.6) is 0 Å². The van der Waals surface area contributed by atoms with E-state index in [0.29, 0.717) is 17.3 Å². The monoisotopic (exact) mass is 396 g/mol. The van der Waals surface area contributed by atoms with Crippen LogP contribution in [0, 0.1) is 12.7 Å². The van der Waals surface area contributed by atoms with Crippen molar-refractivity contribution >= 4 is 29.2 Å². The lowest BCUT2D eigenvalue weighted by molar-refractivity contribution is 0.0976. The number of hydrogen-bond acceptors (Lipinski definition) is 3. The van der Waals surface area contributed by atoms with Gasteiger partial charge in [-0.3, -0.25) is 15.1 Å². The smallest absolute Gasteiger partial charge is 0.258 e. The molecule has 142 valence electrons. The third-order valence-corrected chi connectivity index (χ3v) is 4.39. The van der Waals surface area contributed by atoms with Gasteiger partial charge >= 0.3 is 0 Å². The summed E-state index contributed by atoms with van der Waals surface area (Å²) in [5.41, 5.74) is 2.60. The first-order valence-electron chi connectivity index (χ1n) is 8.55. The highest BCUT2D eigenvalue weighted by Crippen LogP contribution is 2.22. The van der Waals surface area contributed by atoms with Gasteiger partial charge in [-0.25, -0.2) is 9.38 Å². The number of amides is 1. The van der Waals surface area contributed by atoms with E-state index >= 15 is 0 Å². The van der Waals surface area contributed by atoms with Gasteiger partial charge in [0, 0.05) is 28.7 Å². The van der Waals surface area contributed by atoms with E-state index in [1.54, 1.807) is 24.5 Å². The molecule has 1 amide bonds. The Morgan fingerprint density at radius 3 is 2.75 bits per heavy atom. The minimum Gasteiger partial charge on any atom is -0.326 e. The molecule has 0 atom stereocenters. The fraction of sp³-hybridized carbons (Fsp3) is 0.0952. The van der Waals surface area contributed by atoms with Crippen LogP contribution in [0.4, 0.5) is 10.1 Å². The van der Waals surface area contributed by atoms with E-state index in [1.165, 1.54) is 24.3 Å². The molecule has 0 saturated heterocycles. The van der Waals surface area contributed by atoms with Crippen molar-refractivity contribution in [2.75, 3.05) is 5.32 Å². The molecule has 2 aromatic carbocycles. The number of halogens is 2. The van der Waals surface area contributed by atoms with Crippen LogP contribution in [0.1, 0.15) is 21.5 Å². The third-order valence-electron chi connectivity index (χ3n) is 3.98. The van der Waals surface area contributed by atoms with Gasteiger partial charge in [-0.2, -0.15) is 0 Å². The molecule has 0 fully saturated rings. The molecular formula is C21H18ClFN4O. The van der Waals surface area contributed by atoms with Crippen LogP contribution < -0.4 is 10.6 Å². The van der Waals surface area contributed by atoms with Crippen molar-refractivity contribution in [3.8, 4) is 0 Å². The summed E-state index contributed by atoms with van der Waals surface area (Å²) in [7, 11) is 0. The van der Waals surface area contributed by atoms with E-state index < -0.39 is 11.7 Å². The van der Waals surface area contributed by atoms with E-state index in [4.69, 9.17) is 11.6 Å². The second kappa shape index (κ2) is 9.10. The fourth-order valence-corrected chi connectivity index (χ4v) is 2.63. The number of carbonyl (C=O) groups excluding carboxylic acids is 1. The number of hydrogen-bond donors (Lipinski definition) is 2. The summed E-state index contributed by atoms with van der Waals surface area (Å²) < 4.78 is 13.4. The molecule has 0 aliphatic carbocycles. The molecule has 3 aromatic rings. The number of aromatic nitrogens is 1. The molecule has 5 nitrogen and oxygen atoms in total. The highest BCUT2D eigenvalue weighted by Gasteiger charge is 2.12. The molecule has 0 saturated carbocycles. The number of nitrogens with one attached hydrogen (secondary N) is 2. The van der Waals surface area contributed by atoms with Crippen LogP contribution in [0.15, 0.2) is 72.0 Å².